The van der Waals surface area contributed by atoms with Gasteiger partial charge in [0, 0.05) is 13.1 Å². The van der Waals surface area contributed by atoms with Crippen LogP contribution < -0.4 is 5.32 Å². The maximum atomic E-state index is 12.6. The first-order valence-corrected chi connectivity index (χ1v) is 9.84. The summed E-state index contributed by atoms with van der Waals surface area (Å²) in [5.41, 5.74) is 3.91. The van der Waals surface area contributed by atoms with Gasteiger partial charge < -0.3 is 15.0 Å². The van der Waals surface area contributed by atoms with Crippen molar-refractivity contribution in [2.45, 2.75) is 71.1 Å². The Labute approximate surface area is 156 Å². The molecule has 5 nitrogen and oxygen atoms in total. The van der Waals surface area contributed by atoms with Crippen LogP contribution in [0.25, 0.3) is 0 Å². The maximum absolute atomic E-state index is 12.6. The maximum Gasteiger partial charge on any atom is 0.312 e. The van der Waals surface area contributed by atoms with Gasteiger partial charge in [0.15, 0.2) is 0 Å². The molecule has 26 heavy (non-hydrogen) atoms. The fourth-order valence-corrected chi connectivity index (χ4v) is 4.10. The number of hydrogen-bond donors (Lipinski definition) is 1. The standard InChI is InChI=1S/C21H30N2O3/c1-4-19(18-10-9-16-7-5-6-8-17(16)11-18)22-20(24)21(25)23-12-14(2)26-15(3)13-23/h9-11,14-15,19H,4-8,12-13H2,1-3H3,(H,22,24). The Morgan fingerprint density at radius 3 is 2.46 bits per heavy atom. The minimum atomic E-state index is -0.518. The Balaban J connectivity index is 1.67. The molecule has 0 radical (unpaired) electrons. The second kappa shape index (κ2) is 8.21. The highest BCUT2D eigenvalue weighted by atomic mass is 16.5. The van der Waals surface area contributed by atoms with Gasteiger partial charge in [-0.15, -0.1) is 0 Å². The molecular weight excluding hydrogens is 328 g/mol. The molecule has 0 bridgehead atoms. The fraction of sp³-hybridized carbons (Fsp3) is 0.619. The molecule has 1 fully saturated rings. The smallest absolute Gasteiger partial charge is 0.312 e. The van der Waals surface area contributed by atoms with Crippen molar-refractivity contribution in [2.24, 2.45) is 0 Å². The summed E-state index contributed by atoms with van der Waals surface area (Å²) in [6, 6.07) is 6.37. The first-order chi connectivity index (χ1) is 12.5. The van der Waals surface area contributed by atoms with Gasteiger partial charge in [0.2, 0.25) is 0 Å². The third-order valence-corrected chi connectivity index (χ3v) is 5.39. The van der Waals surface area contributed by atoms with Crippen LogP contribution in [0.1, 0.15) is 62.8 Å². The van der Waals surface area contributed by atoms with Crippen molar-refractivity contribution < 1.29 is 14.3 Å². The molecule has 3 atom stereocenters. The lowest BCUT2D eigenvalue weighted by Gasteiger charge is -2.35. The summed E-state index contributed by atoms with van der Waals surface area (Å²) in [6.45, 7) is 6.82. The van der Waals surface area contributed by atoms with Gasteiger partial charge in [-0.1, -0.05) is 25.1 Å². The van der Waals surface area contributed by atoms with E-state index in [9.17, 15) is 9.59 Å². The van der Waals surface area contributed by atoms with Crippen LogP contribution in [-0.4, -0.2) is 42.0 Å². The molecule has 3 unspecified atom stereocenters. The quantitative estimate of drug-likeness (QED) is 0.845. The molecular formula is C21H30N2O3. The molecule has 0 spiro atoms. The number of aryl methyl sites for hydroxylation is 2. The topological polar surface area (TPSA) is 58.6 Å². The van der Waals surface area contributed by atoms with E-state index in [2.05, 4.69) is 23.5 Å². The zero-order chi connectivity index (χ0) is 18.7. The third-order valence-electron chi connectivity index (χ3n) is 5.39. The number of nitrogens with one attached hydrogen (secondary N) is 1. The van der Waals surface area contributed by atoms with Gasteiger partial charge in [0.1, 0.15) is 0 Å². The molecule has 2 aliphatic rings. The number of carbonyl (C=O) groups excluding carboxylic acids is 2. The van der Waals surface area contributed by atoms with Crippen molar-refractivity contribution in [3.05, 3.63) is 34.9 Å². The van der Waals surface area contributed by atoms with Crippen molar-refractivity contribution >= 4 is 11.8 Å². The summed E-state index contributed by atoms with van der Waals surface area (Å²) >= 11 is 0. The summed E-state index contributed by atoms with van der Waals surface area (Å²) in [5.74, 6) is -0.973. The molecule has 1 aliphatic heterocycles. The Morgan fingerprint density at radius 2 is 1.81 bits per heavy atom. The zero-order valence-electron chi connectivity index (χ0n) is 16.1. The van der Waals surface area contributed by atoms with Crippen LogP contribution in [-0.2, 0) is 27.2 Å². The van der Waals surface area contributed by atoms with E-state index in [1.807, 2.05) is 20.8 Å². The minimum Gasteiger partial charge on any atom is -0.372 e. The summed E-state index contributed by atoms with van der Waals surface area (Å²) in [7, 11) is 0. The van der Waals surface area contributed by atoms with Gasteiger partial charge >= 0.3 is 11.8 Å². The third kappa shape index (κ3) is 4.26. The molecule has 1 heterocycles. The Kier molecular flexibility index (Phi) is 5.97. The van der Waals surface area contributed by atoms with Crippen LogP contribution in [0, 0.1) is 0 Å². The summed E-state index contributed by atoms with van der Waals surface area (Å²) in [6.07, 6.45) is 5.40. The summed E-state index contributed by atoms with van der Waals surface area (Å²) < 4.78 is 5.65. The molecule has 1 saturated heterocycles. The van der Waals surface area contributed by atoms with Gasteiger partial charge in [0.05, 0.1) is 18.2 Å². The molecule has 0 saturated carbocycles. The predicted octanol–water partition coefficient (Wildman–Crippen LogP) is 2.77. The van der Waals surface area contributed by atoms with E-state index in [1.165, 1.54) is 24.0 Å². The van der Waals surface area contributed by atoms with Gasteiger partial charge in [-0.25, -0.2) is 0 Å². The average molecular weight is 358 g/mol. The van der Waals surface area contributed by atoms with Crippen molar-refractivity contribution in [3.8, 4) is 0 Å². The van der Waals surface area contributed by atoms with E-state index < -0.39 is 11.8 Å². The highest BCUT2D eigenvalue weighted by Crippen LogP contribution is 2.26. The van der Waals surface area contributed by atoms with Crippen molar-refractivity contribution in [1.29, 1.82) is 0 Å². The van der Waals surface area contributed by atoms with Gasteiger partial charge in [0.25, 0.3) is 0 Å². The van der Waals surface area contributed by atoms with Gasteiger partial charge in [-0.05, 0) is 62.6 Å². The number of hydrogen-bond acceptors (Lipinski definition) is 3. The van der Waals surface area contributed by atoms with Crippen LogP contribution in [0.3, 0.4) is 0 Å². The number of morpholine rings is 1. The van der Waals surface area contributed by atoms with Gasteiger partial charge in [-0.2, -0.15) is 0 Å². The zero-order valence-corrected chi connectivity index (χ0v) is 16.1. The largest absolute Gasteiger partial charge is 0.372 e. The van der Waals surface area contributed by atoms with E-state index in [-0.39, 0.29) is 18.2 Å². The predicted molar refractivity (Wildman–Crippen MR) is 101 cm³/mol. The van der Waals surface area contributed by atoms with E-state index in [0.717, 1.165) is 24.8 Å². The molecule has 142 valence electrons. The first-order valence-electron chi connectivity index (χ1n) is 9.84. The second-order valence-corrected chi connectivity index (χ2v) is 7.64. The lowest BCUT2D eigenvalue weighted by atomic mass is 9.89. The summed E-state index contributed by atoms with van der Waals surface area (Å²) in [4.78, 5) is 26.7. The van der Waals surface area contributed by atoms with Crippen LogP contribution in [0.4, 0.5) is 0 Å². The molecule has 2 amide bonds. The van der Waals surface area contributed by atoms with E-state index in [4.69, 9.17) is 4.74 Å². The Bertz CT molecular complexity index is 663. The molecule has 1 N–H and O–H groups in total. The number of nitrogens with zero attached hydrogens (tertiary/aromatic N) is 1. The highest BCUT2D eigenvalue weighted by molar-refractivity contribution is 6.35. The SMILES string of the molecule is CCC(NC(=O)C(=O)N1CC(C)OC(C)C1)c1ccc2c(c1)CCCC2. The van der Waals surface area contributed by atoms with E-state index >= 15 is 0 Å². The normalized spacial score (nSPS) is 23.9. The highest BCUT2D eigenvalue weighted by Gasteiger charge is 2.30. The van der Waals surface area contributed by atoms with Gasteiger partial charge in [-0.3, -0.25) is 9.59 Å². The molecule has 1 aliphatic carbocycles. The lowest BCUT2D eigenvalue weighted by Crippen LogP contribution is -2.52. The number of ether oxygens (including phenoxy) is 1. The Morgan fingerprint density at radius 1 is 1.15 bits per heavy atom. The minimum absolute atomic E-state index is 0.0434. The van der Waals surface area contributed by atoms with Crippen molar-refractivity contribution in [2.75, 3.05) is 13.1 Å². The van der Waals surface area contributed by atoms with Crippen LogP contribution in [0.2, 0.25) is 0 Å². The number of amides is 2. The molecule has 1 aromatic rings. The van der Waals surface area contributed by atoms with E-state index in [0.29, 0.717) is 13.1 Å². The van der Waals surface area contributed by atoms with E-state index in [1.54, 1.807) is 4.90 Å². The van der Waals surface area contributed by atoms with Crippen LogP contribution >= 0.6 is 0 Å². The van der Waals surface area contributed by atoms with Crippen molar-refractivity contribution in [3.63, 3.8) is 0 Å². The van der Waals surface area contributed by atoms with Crippen LogP contribution in [0.5, 0.6) is 0 Å². The fourth-order valence-electron chi connectivity index (χ4n) is 4.10. The average Bonchev–Trinajstić information content (AvgIpc) is 2.64. The molecule has 3 rings (SSSR count). The number of fused-ring (bicyclic) bond motifs is 1. The Hall–Kier alpha value is -1.88. The van der Waals surface area contributed by atoms with Crippen LogP contribution in [0.15, 0.2) is 18.2 Å². The number of carbonyl (C=O) groups is 2. The monoisotopic (exact) mass is 358 g/mol. The summed E-state index contributed by atoms with van der Waals surface area (Å²) in [5, 5.41) is 2.95. The van der Waals surface area contributed by atoms with Crippen molar-refractivity contribution in [1.82, 2.24) is 10.2 Å². The number of rotatable bonds is 3. The first kappa shape index (κ1) is 18.9. The lowest BCUT2D eigenvalue weighted by molar-refractivity contribution is -0.153. The molecule has 5 heteroatoms. The second-order valence-electron chi connectivity index (χ2n) is 7.64. The molecule has 1 aromatic carbocycles. The number of benzene rings is 1. The molecule has 0 aromatic heterocycles.